The number of methoxy groups -OCH3 is 1. The fraction of sp³-hybridized carbons (Fsp3) is 0.273. The van der Waals surface area contributed by atoms with Gasteiger partial charge >= 0.3 is 0 Å². The van der Waals surface area contributed by atoms with E-state index < -0.39 is 0 Å². The summed E-state index contributed by atoms with van der Waals surface area (Å²) in [4.78, 5) is 17.0. The third-order valence-electron chi connectivity index (χ3n) is 4.56. The van der Waals surface area contributed by atoms with Crippen molar-refractivity contribution in [1.82, 2.24) is 10.3 Å². The summed E-state index contributed by atoms with van der Waals surface area (Å²) in [5, 5.41) is 4.00. The minimum atomic E-state index is -0.0347. The Morgan fingerprint density at radius 1 is 1.07 bits per heavy atom. The number of hydrogen-bond acceptors (Lipinski definition) is 4. The normalized spacial score (nSPS) is 10.6. The molecule has 0 aliphatic carbocycles. The predicted molar refractivity (Wildman–Crippen MR) is 106 cm³/mol. The van der Waals surface area contributed by atoms with Crippen molar-refractivity contribution in [2.24, 2.45) is 0 Å². The van der Waals surface area contributed by atoms with E-state index >= 15 is 0 Å². The second-order valence-corrected chi connectivity index (χ2v) is 6.37. The molecule has 140 valence electrons. The monoisotopic (exact) mass is 364 g/mol. The summed E-state index contributed by atoms with van der Waals surface area (Å²) in [7, 11) is 1.62. The maximum absolute atomic E-state index is 12.4. The molecule has 0 atom stereocenters. The van der Waals surface area contributed by atoms with Crippen LogP contribution in [0.25, 0.3) is 10.9 Å². The predicted octanol–water partition coefficient (Wildman–Crippen LogP) is 3.60. The van der Waals surface area contributed by atoms with E-state index in [2.05, 4.69) is 10.3 Å². The molecule has 0 radical (unpaired) electrons. The number of pyridine rings is 1. The number of para-hydroxylation sites is 1. The first-order chi connectivity index (χ1) is 13.1. The highest BCUT2D eigenvalue weighted by molar-refractivity contribution is 5.86. The van der Waals surface area contributed by atoms with Gasteiger partial charge in [0, 0.05) is 17.1 Å². The number of hydrogen-bond donors (Lipinski definition) is 1. The van der Waals surface area contributed by atoms with Crippen molar-refractivity contribution >= 4 is 16.8 Å². The molecule has 1 aromatic heterocycles. The Bertz CT molecular complexity index is 953. The molecule has 1 heterocycles. The molecule has 0 unspecified atom stereocenters. The van der Waals surface area contributed by atoms with Crippen molar-refractivity contribution in [3.63, 3.8) is 0 Å². The van der Waals surface area contributed by atoms with E-state index in [1.54, 1.807) is 7.11 Å². The molecule has 0 saturated heterocycles. The molecule has 0 fully saturated rings. The molecule has 1 amide bonds. The lowest BCUT2D eigenvalue weighted by molar-refractivity contribution is -0.120. The molecule has 27 heavy (non-hydrogen) atoms. The van der Waals surface area contributed by atoms with Crippen molar-refractivity contribution in [3.8, 4) is 11.5 Å². The second kappa shape index (κ2) is 8.54. The zero-order valence-electron chi connectivity index (χ0n) is 15.9. The maximum Gasteiger partial charge on any atom is 0.224 e. The number of fused-ring (bicyclic) bond motifs is 1. The average molecular weight is 364 g/mol. The van der Waals surface area contributed by atoms with E-state index in [4.69, 9.17) is 9.47 Å². The molecule has 3 aromatic rings. The Labute approximate surface area is 159 Å². The lowest BCUT2D eigenvalue weighted by Gasteiger charge is -2.13. The molecule has 0 spiro atoms. The van der Waals surface area contributed by atoms with E-state index in [0.29, 0.717) is 25.3 Å². The van der Waals surface area contributed by atoms with Crippen LogP contribution in [0, 0.1) is 13.8 Å². The summed E-state index contributed by atoms with van der Waals surface area (Å²) in [5.74, 6) is 1.42. The molecule has 5 heteroatoms. The summed E-state index contributed by atoms with van der Waals surface area (Å²) in [6.07, 6.45) is 0.314. The molecule has 0 aliphatic heterocycles. The van der Waals surface area contributed by atoms with Crippen LogP contribution in [0.2, 0.25) is 0 Å². The summed E-state index contributed by atoms with van der Waals surface area (Å²) < 4.78 is 10.8. The van der Waals surface area contributed by atoms with Crippen LogP contribution in [0.3, 0.4) is 0 Å². The highest BCUT2D eigenvalue weighted by Crippen LogP contribution is 2.23. The van der Waals surface area contributed by atoms with Crippen LogP contribution in [0.15, 0.2) is 48.5 Å². The Morgan fingerprint density at radius 3 is 2.67 bits per heavy atom. The standard InChI is InChI=1S/C22H24N2O3/c1-15-19-9-4-5-10-21(19)24-16(2)20(15)14-22(25)23-11-12-27-18-8-6-7-17(13-18)26-3/h4-10,13H,11-12,14H2,1-3H3,(H,23,25). The number of aryl methyl sites for hydroxylation is 2. The molecule has 1 N–H and O–H groups in total. The number of carbonyl (C=O) groups excluding carboxylic acids is 1. The van der Waals surface area contributed by atoms with Crippen LogP contribution >= 0.6 is 0 Å². The van der Waals surface area contributed by atoms with Gasteiger partial charge in [-0.1, -0.05) is 24.3 Å². The Hall–Kier alpha value is -3.08. The molecule has 0 bridgehead atoms. The average Bonchev–Trinajstić information content (AvgIpc) is 2.68. The number of ether oxygens (including phenoxy) is 2. The zero-order chi connectivity index (χ0) is 19.2. The highest BCUT2D eigenvalue weighted by Gasteiger charge is 2.12. The van der Waals surface area contributed by atoms with Crippen molar-refractivity contribution < 1.29 is 14.3 Å². The van der Waals surface area contributed by atoms with Crippen LogP contribution < -0.4 is 14.8 Å². The van der Waals surface area contributed by atoms with E-state index in [9.17, 15) is 4.79 Å². The summed E-state index contributed by atoms with van der Waals surface area (Å²) >= 11 is 0. The smallest absolute Gasteiger partial charge is 0.224 e. The van der Waals surface area contributed by atoms with Gasteiger partial charge in [-0.2, -0.15) is 0 Å². The molecule has 2 aromatic carbocycles. The molecular weight excluding hydrogens is 340 g/mol. The minimum absolute atomic E-state index is 0.0347. The van der Waals surface area contributed by atoms with Crippen LogP contribution in [0.4, 0.5) is 0 Å². The van der Waals surface area contributed by atoms with Gasteiger partial charge in [0.2, 0.25) is 5.91 Å². The zero-order valence-corrected chi connectivity index (χ0v) is 15.9. The van der Waals surface area contributed by atoms with Crippen LogP contribution in [-0.4, -0.2) is 31.2 Å². The van der Waals surface area contributed by atoms with Crippen LogP contribution in [0.1, 0.15) is 16.8 Å². The fourth-order valence-corrected chi connectivity index (χ4v) is 3.10. The molecule has 0 aliphatic rings. The third-order valence-corrected chi connectivity index (χ3v) is 4.56. The van der Waals surface area contributed by atoms with Gasteiger partial charge in [0.05, 0.1) is 25.6 Å². The quantitative estimate of drug-likeness (QED) is 0.651. The van der Waals surface area contributed by atoms with E-state index in [1.807, 2.05) is 62.4 Å². The van der Waals surface area contributed by atoms with Gasteiger partial charge in [0.1, 0.15) is 18.1 Å². The number of benzene rings is 2. The minimum Gasteiger partial charge on any atom is -0.497 e. The first kappa shape index (κ1) is 18.7. The van der Waals surface area contributed by atoms with Gasteiger partial charge in [0.15, 0.2) is 0 Å². The molecule has 0 saturated carbocycles. The lowest BCUT2D eigenvalue weighted by atomic mass is 9.99. The summed E-state index contributed by atoms with van der Waals surface area (Å²) in [5.41, 5.74) is 3.96. The van der Waals surface area contributed by atoms with Gasteiger partial charge in [0.25, 0.3) is 0 Å². The van der Waals surface area contributed by atoms with Gasteiger partial charge < -0.3 is 14.8 Å². The topological polar surface area (TPSA) is 60.5 Å². The van der Waals surface area contributed by atoms with Gasteiger partial charge in [-0.15, -0.1) is 0 Å². The number of carbonyl (C=O) groups is 1. The van der Waals surface area contributed by atoms with E-state index in [1.165, 1.54) is 0 Å². The first-order valence-electron chi connectivity index (χ1n) is 8.97. The third kappa shape index (κ3) is 4.56. The van der Waals surface area contributed by atoms with Crippen molar-refractivity contribution in [1.29, 1.82) is 0 Å². The van der Waals surface area contributed by atoms with Crippen molar-refractivity contribution in [3.05, 3.63) is 65.4 Å². The molecular formula is C22H24N2O3. The molecule has 5 nitrogen and oxygen atoms in total. The number of aromatic nitrogens is 1. The highest BCUT2D eigenvalue weighted by atomic mass is 16.5. The summed E-state index contributed by atoms with van der Waals surface area (Å²) in [6.45, 7) is 4.83. The first-order valence-corrected chi connectivity index (χ1v) is 8.97. The lowest BCUT2D eigenvalue weighted by Crippen LogP contribution is -2.30. The van der Waals surface area contributed by atoms with Crippen molar-refractivity contribution in [2.75, 3.05) is 20.3 Å². The summed E-state index contributed by atoms with van der Waals surface area (Å²) in [6, 6.07) is 15.4. The number of amides is 1. The van der Waals surface area contributed by atoms with Crippen molar-refractivity contribution in [2.45, 2.75) is 20.3 Å². The Balaban J connectivity index is 1.56. The van der Waals surface area contributed by atoms with E-state index in [0.717, 1.165) is 33.5 Å². The maximum atomic E-state index is 12.4. The largest absolute Gasteiger partial charge is 0.497 e. The van der Waals surface area contributed by atoms with Crippen LogP contribution in [-0.2, 0) is 11.2 Å². The van der Waals surface area contributed by atoms with Gasteiger partial charge in [-0.3, -0.25) is 9.78 Å². The SMILES string of the molecule is COc1cccc(OCCNC(=O)Cc2c(C)nc3ccccc3c2C)c1. The Morgan fingerprint density at radius 2 is 1.85 bits per heavy atom. The number of nitrogens with one attached hydrogen (secondary N) is 1. The number of rotatable bonds is 7. The number of nitrogens with zero attached hydrogens (tertiary/aromatic N) is 1. The fourth-order valence-electron chi connectivity index (χ4n) is 3.10. The van der Waals surface area contributed by atoms with Gasteiger partial charge in [-0.05, 0) is 43.2 Å². The van der Waals surface area contributed by atoms with E-state index in [-0.39, 0.29) is 5.91 Å². The van der Waals surface area contributed by atoms with Gasteiger partial charge in [-0.25, -0.2) is 0 Å². The van der Waals surface area contributed by atoms with Crippen LogP contribution in [0.5, 0.6) is 11.5 Å². The Kier molecular flexibility index (Phi) is 5.91. The second-order valence-electron chi connectivity index (χ2n) is 6.37. The molecule has 3 rings (SSSR count).